The Morgan fingerprint density at radius 1 is 1.05 bits per heavy atom. The third kappa shape index (κ3) is 2.89. The molecule has 2 aromatic carbocycles. The van der Waals surface area contributed by atoms with E-state index in [1.54, 1.807) is 0 Å². The normalized spacial score (nSPS) is 11.5. The predicted molar refractivity (Wildman–Crippen MR) is 79.1 cm³/mol. The van der Waals surface area contributed by atoms with Crippen LogP contribution in [0.5, 0.6) is 11.6 Å². The molecular formula is C15H11FN2O3S. The molecule has 3 aromatic rings. The highest BCUT2D eigenvalue weighted by Crippen LogP contribution is 2.27. The minimum absolute atomic E-state index is 0.193. The second-order valence-corrected chi connectivity index (χ2v) is 6.70. The first-order chi connectivity index (χ1) is 10.4. The zero-order chi connectivity index (χ0) is 15.7. The van der Waals surface area contributed by atoms with E-state index >= 15 is 0 Å². The molecule has 0 N–H and O–H groups in total. The molecule has 1 heterocycles. The third-order valence-corrected chi connectivity index (χ3v) is 4.16. The van der Waals surface area contributed by atoms with E-state index in [0.717, 1.165) is 6.26 Å². The van der Waals surface area contributed by atoms with Gasteiger partial charge in [0.15, 0.2) is 9.84 Å². The van der Waals surface area contributed by atoms with Crippen molar-refractivity contribution < 1.29 is 17.5 Å². The number of hydrogen-bond acceptors (Lipinski definition) is 5. The van der Waals surface area contributed by atoms with Crippen molar-refractivity contribution in [2.75, 3.05) is 6.26 Å². The lowest BCUT2D eigenvalue weighted by Gasteiger charge is -2.08. The van der Waals surface area contributed by atoms with Gasteiger partial charge in [0.05, 0.1) is 15.8 Å². The fraction of sp³-hybridized carbons (Fsp3) is 0.0667. The van der Waals surface area contributed by atoms with Gasteiger partial charge in [0.25, 0.3) is 0 Å². The van der Waals surface area contributed by atoms with Crippen molar-refractivity contribution in [1.82, 2.24) is 9.97 Å². The average Bonchev–Trinajstić information content (AvgIpc) is 2.47. The zero-order valence-electron chi connectivity index (χ0n) is 11.5. The predicted octanol–water partition coefficient (Wildman–Crippen LogP) is 2.96. The van der Waals surface area contributed by atoms with Crippen LogP contribution in [0.3, 0.4) is 0 Å². The van der Waals surface area contributed by atoms with Gasteiger partial charge in [-0.1, -0.05) is 0 Å². The average molecular weight is 318 g/mol. The molecule has 0 saturated heterocycles. The monoisotopic (exact) mass is 318 g/mol. The molecule has 0 fully saturated rings. The molecule has 0 spiro atoms. The zero-order valence-corrected chi connectivity index (χ0v) is 12.3. The molecule has 1 aromatic heterocycles. The number of halogens is 1. The van der Waals surface area contributed by atoms with Gasteiger partial charge in [-0.25, -0.2) is 22.8 Å². The van der Waals surface area contributed by atoms with Gasteiger partial charge in [-0.15, -0.1) is 0 Å². The largest absolute Gasteiger partial charge is 0.438 e. The van der Waals surface area contributed by atoms with Crippen LogP contribution in [0.4, 0.5) is 4.39 Å². The van der Waals surface area contributed by atoms with E-state index in [0.29, 0.717) is 16.7 Å². The number of hydrogen-bond donors (Lipinski definition) is 0. The summed E-state index contributed by atoms with van der Waals surface area (Å²) in [6, 6.07) is 10.0. The number of nitrogens with zero attached hydrogens (tertiary/aromatic N) is 2. The molecule has 0 radical (unpaired) electrons. The van der Waals surface area contributed by atoms with Crippen LogP contribution in [0.2, 0.25) is 0 Å². The van der Waals surface area contributed by atoms with Crippen LogP contribution in [0.25, 0.3) is 10.9 Å². The molecule has 0 atom stereocenters. The fourth-order valence-corrected chi connectivity index (χ4v) is 2.58. The SMILES string of the molecule is CS(=O)(=O)c1ccc(Oc2ncnc3ccc(F)cc23)cc1. The van der Waals surface area contributed by atoms with Gasteiger partial charge in [-0.05, 0) is 42.5 Å². The fourth-order valence-electron chi connectivity index (χ4n) is 1.95. The second kappa shape index (κ2) is 5.34. The van der Waals surface area contributed by atoms with E-state index in [-0.39, 0.29) is 10.8 Å². The van der Waals surface area contributed by atoms with Crippen LogP contribution >= 0.6 is 0 Å². The molecule has 7 heteroatoms. The molecule has 5 nitrogen and oxygen atoms in total. The summed E-state index contributed by atoms with van der Waals surface area (Å²) in [5.74, 6) is 0.188. The Kier molecular flexibility index (Phi) is 3.50. The van der Waals surface area contributed by atoms with Gasteiger partial charge in [-0.3, -0.25) is 0 Å². The molecule has 0 bridgehead atoms. The van der Waals surface area contributed by atoms with Crippen LogP contribution in [0.15, 0.2) is 53.7 Å². The quantitative estimate of drug-likeness (QED) is 0.742. The summed E-state index contributed by atoms with van der Waals surface area (Å²) in [6.45, 7) is 0. The molecule has 0 aliphatic rings. The molecule has 0 saturated carbocycles. The van der Waals surface area contributed by atoms with Gasteiger partial charge in [-0.2, -0.15) is 0 Å². The summed E-state index contributed by atoms with van der Waals surface area (Å²) < 4.78 is 41.8. The molecule has 3 rings (SSSR count). The summed E-state index contributed by atoms with van der Waals surface area (Å²) in [6.07, 6.45) is 2.45. The van der Waals surface area contributed by atoms with Crippen molar-refractivity contribution in [3.05, 3.63) is 54.6 Å². The van der Waals surface area contributed by atoms with Crippen LogP contribution in [0.1, 0.15) is 0 Å². The number of benzene rings is 2. The van der Waals surface area contributed by atoms with Gasteiger partial charge in [0, 0.05) is 6.26 Å². The van der Waals surface area contributed by atoms with E-state index < -0.39 is 15.7 Å². The van der Waals surface area contributed by atoms with Crippen molar-refractivity contribution >= 4 is 20.7 Å². The summed E-state index contributed by atoms with van der Waals surface area (Å²) in [4.78, 5) is 8.22. The maximum Gasteiger partial charge on any atom is 0.230 e. The minimum Gasteiger partial charge on any atom is -0.438 e. The highest BCUT2D eigenvalue weighted by molar-refractivity contribution is 7.90. The standard InChI is InChI=1S/C15H11FN2O3S/c1-22(19,20)12-5-3-11(4-6-12)21-15-13-8-10(16)2-7-14(13)17-9-18-15/h2-9H,1H3. The van der Waals surface area contributed by atoms with Gasteiger partial charge >= 0.3 is 0 Å². The first kappa shape index (κ1) is 14.4. The summed E-state index contributed by atoms with van der Waals surface area (Å²) in [7, 11) is -3.26. The van der Waals surface area contributed by atoms with Crippen molar-refractivity contribution in [2.24, 2.45) is 0 Å². The number of fused-ring (bicyclic) bond motifs is 1. The van der Waals surface area contributed by atoms with Crippen LogP contribution < -0.4 is 4.74 Å². The maximum absolute atomic E-state index is 13.4. The Hall–Kier alpha value is -2.54. The van der Waals surface area contributed by atoms with Crippen LogP contribution in [-0.2, 0) is 9.84 Å². The highest BCUT2D eigenvalue weighted by atomic mass is 32.2. The molecular weight excluding hydrogens is 307 g/mol. The molecule has 0 unspecified atom stereocenters. The first-order valence-corrected chi connectivity index (χ1v) is 8.21. The highest BCUT2D eigenvalue weighted by Gasteiger charge is 2.09. The lowest BCUT2D eigenvalue weighted by Crippen LogP contribution is -1.97. The van der Waals surface area contributed by atoms with E-state index in [1.165, 1.54) is 48.8 Å². The number of ether oxygens (including phenoxy) is 1. The van der Waals surface area contributed by atoms with Crippen molar-refractivity contribution in [2.45, 2.75) is 4.90 Å². The smallest absolute Gasteiger partial charge is 0.230 e. The van der Waals surface area contributed by atoms with Crippen molar-refractivity contribution in [1.29, 1.82) is 0 Å². The summed E-state index contributed by atoms with van der Waals surface area (Å²) in [5, 5.41) is 0.440. The van der Waals surface area contributed by atoms with E-state index in [9.17, 15) is 12.8 Å². The molecule has 0 aliphatic heterocycles. The summed E-state index contributed by atoms with van der Waals surface area (Å²) in [5.41, 5.74) is 0.555. The van der Waals surface area contributed by atoms with Crippen LogP contribution in [0, 0.1) is 5.82 Å². The Bertz CT molecular complexity index is 941. The minimum atomic E-state index is -3.26. The Morgan fingerprint density at radius 2 is 1.77 bits per heavy atom. The Morgan fingerprint density at radius 3 is 2.45 bits per heavy atom. The van der Waals surface area contributed by atoms with Gasteiger partial charge < -0.3 is 4.74 Å². The Labute approximate surface area is 126 Å². The topological polar surface area (TPSA) is 69.2 Å². The third-order valence-electron chi connectivity index (χ3n) is 3.03. The molecule has 22 heavy (non-hydrogen) atoms. The second-order valence-electron chi connectivity index (χ2n) is 4.69. The Balaban J connectivity index is 1.98. The van der Waals surface area contributed by atoms with E-state index in [4.69, 9.17) is 4.74 Å². The maximum atomic E-state index is 13.4. The van der Waals surface area contributed by atoms with Crippen LogP contribution in [-0.4, -0.2) is 24.6 Å². The van der Waals surface area contributed by atoms with Crippen molar-refractivity contribution in [3.63, 3.8) is 0 Å². The van der Waals surface area contributed by atoms with E-state index in [1.807, 2.05) is 0 Å². The first-order valence-electron chi connectivity index (χ1n) is 6.32. The number of aromatic nitrogens is 2. The van der Waals surface area contributed by atoms with Gasteiger partial charge in [0.1, 0.15) is 17.9 Å². The molecule has 0 amide bonds. The lowest BCUT2D eigenvalue weighted by molar-refractivity contribution is 0.467. The van der Waals surface area contributed by atoms with Crippen molar-refractivity contribution in [3.8, 4) is 11.6 Å². The van der Waals surface area contributed by atoms with E-state index in [2.05, 4.69) is 9.97 Å². The molecule has 0 aliphatic carbocycles. The van der Waals surface area contributed by atoms with Gasteiger partial charge in [0.2, 0.25) is 5.88 Å². The number of rotatable bonds is 3. The summed E-state index contributed by atoms with van der Waals surface area (Å²) >= 11 is 0. The lowest BCUT2D eigenvalue weighted by atomic mass is 10.2. The number of sulfone groups is 1. The molecule has 112 valence electrons.